The Balaban J connectivity index is 2.35. The largest absolute Gasteiger partial charge is 0.508 e. The van der Waals surface area contributed by atoms with Crippen LogP contribution in [-0.2, 0) is 19.6 Å². The van der Waals surface area contributed by atoms with E-state index in [1.807, 2.05) is 0 Å². The van der Waals surface area contributed by atoms with Gasteiger partial charge in [-0.25, -0.2) is 0 Å². The van der Waals surface area contributed by atoms with Gasteiger partial charge < -0.3 is 20.4 Å². The highest BCUT2D eigenvalue weighted by molar-refractivity contribution is 5.46. The zero-order valence-corrected chi connectivity index (χ0v) is 10.4. The van der Waals surface area contributed by atoms with E-state index in [0.717, 1.165) is 5.56 Å². The minimum atomic E-state index is -0.276. The highest BCUT2D eigenvalue weighted by atomic mass is 16.3. The third kappa shape index (κ3) is 3.05. The number of aliphatic hydroxyl groups excluding tert-OH is 2. The van der Waals surface area contributed by atoms with Gasteiger partial charge in [-0.3, -0.25) is 0 Å². The molecule has 19 heavy (non-hydrogen) atoms. The molecule has 0 unspecified atom stereocenters. The summed E-state index contributed by atoms with van der Waals surface area (Å²) in [5, 5.41) is 37.6. The smallest absolute Gasteiger partial charge is 0.124 e. The second kappa shape index (κ2) is 5.73. The molecule has 0 saturated carbocycles. The van der Waals surface area contributed by atoms with Crippen molar-refractivity contribution in [2.75, 3.05) is 0 Å². The van der Waals surface area contributed by atoms with E-state index in [1.54, 1.807) is 36.4 Å². The summed E-state index contributed by atoms with van der Waals surface area (Å²) in [6.07, 6.45) is 0.465. The number of benzene rings is 2. The third-order valence-corrected chi connectivity index (χ3v) is 3.01. The summed E-state index contributed by atoms with van der Waals surface area (Å²) < 4.78 is 0. The molecule has 0 spiro atoms. The predicted octanol–water partition coefficient (Wildman–Crippen LogP) is 1.67. The van der Waals surface area contributed by atoms with Crippen LogP contribution in [0.4, 0.5) is 0 Å². The summed E-state index contributed by atoms with van der Waals surface area (Å²) in [4.78, 5) is 0. The maximum absolute atomic E-state index is 10.0. The monoisotopic (exact) mass is 260 g/mol. The molecule has 0 saturated heterocycles. The minimum Gasteiger partial charge on any atom is -0.508 e. The summed E-state index contributed by atoms with van der Waals surface area (Å²) in [5.74, 6) is 0.237. The Morgan fingerprint density at radius 3 is 1.95 bits per heavy atom. The Bertz CT molecular complexity index is 561. The first-order chi connectivity index (χ1) is 9.13. The highest BCUT2D eigenvalue weighted by Gasteiger charge is 2.10. The van der Waals surface area contributed by atoms with E-state index < -0.39 is 0 Å². The second-order valence-corrected chi connectivity index (χ2v) is 4.42. The molecule has 0 aromatic heterocycles. The zero-order chi connectivity index (χ0) is 13.8. The fourth-order valence-electron chi connectivity index (χ4n) is 2.01. The molecule has 0 aliphatic heterocycles. The SMILES string of the molecule is OCc1cc(CO)c(O)c(Cc2ccc(O)cc2)c1. The average molecular weight is 260 g/mol. The molecule has 0 heterocycles. The lowest BCUT2D eigenvalue weighted by molar-refractivity contribution is 0.270. The number of hydrogen-bond donors (Lipinski definition) is 4. The van der Waals surface area contributed by atoms with Crippen molar-refractivity contribution in [3.63, 3.8) is 0 Å². The van der Waals surface area contributed by atoms with Crippen LogP contribution in [0.25, 0.3) is 0 Å². The first-order valence-corrected chi connectivity index (χ1v) is 5.97. The number of phenolic OH excluding ortho intramolecular Hbond substituents is 1. The van der Waals surface area contributed by atoms with Gasteiger partial charge in [0.25, 0.3) is 0 Å². The van der Waals surface area contributed by atoms with Crippen LogP contribution in [-0.4, -0.2) is 20.4 Å². The van der Waals surface area contributed by atoms with Crippen LogP contribution in [0, 0.1) is 0 Å². The van der Waals surface area contributed by atoms with Crippen molar-refractivity contribution < 1.29 is 20.4 Å². The van der Waals surface area contributed by atoms with Gasteiger partial charge in [-0.15, -0.1) is 0 Å². The standard InChI is InChI=1S/C15H16O4/c16-8-11-6-12(15(19)13(7-11)9-17)5-10-1-3-14(18)4-2-10/h1-4,6-7,16-19H,5,8-9H2. The molecule has 4 nitrogen and oxygen atoms in total. The lowest BCUT2D eigenvalue weighted by Gasteiger charge is -2.11. The molecule has 2 rings (SSSR count). The van der Waals surface area contributed by atoms with Crippen molar-refractivity contribution in [2.45, 2.75) is 19.6 Å². The number of hydrogen-bond acceptors (Lipinski definition) is 4. The predicted molar refractivity (Wildman–Crippen MR) is 70.9 cm³/mol. The second-order valence-electron chi connectivity index (χ2n) is 4.42. The summed E-state index contributed by atoms with van der Waals surface area (Å²) in [5.41, 5.74) is 2.62. The fraction of sp³-hybridized carbons (Fsp3) is 0.200. The Kier molecular flexibility index (Phi) is 4.04. The van der Waals surface area contributed by atoms with E-state index >= 15 is 0 Å². The maximum Gasteiger partial charge on any atom is 0.124 e. The van der Waals surface area contributed by atoms with Gasteiger partial charge in [0, 0.05) is 12.0 Å². The number of phenols is 2. The van der Waals surface area contributed by atoms with Gasteiger partial charge in [0.2, 0.25) is 0 Å². The van der Waals surface area contributed by atoms with Crippen LogP contribution in [0.5, 0.6) is 11.5 Å². The van der Waals surface area contributed by atoms with Gasteiger partial charge in [-0.1, -0.05) is 12.1 Å². The molecule has 2 aromatic carbocycles. The van der Waals surface area contributed by atoms with E-state index in [1.165, 1.54) is 0 Å². The Morgan fingerprint density at radius 1 is 0.737 bits per heavy atom. The van der Waals surface area contributed by atoms with Crippen molar-refractivity contribution >= 4 is 0 Å². The summed E-state index contributed by atoms with van der Waals surface area (Å²) in [6.45, 7) is -0.419. The van der Waals surface area contributed by atoms with E-state index in [4.69, 9.17) is 0 Å². The maximum atomic E-state index is 10.0. The van der Waals surface area contributed by atoms with Gasteiger partial charge in [-0.2, -0.15) is 0 Å². The van der Waals surface area contributed by atoms with Crippen molar-refractivity contribution in [1.29, 1.82) is 0 Å². The van der Waals surface area contributed by atoms with Gasteiger partial charge in [0.1, 0.15) is 11.5 Å². The molecular weight excluding hydrogens is 244 g/mol. The Labute approximate surface area is 111 Å². The van der Waals surface area contributed by atoms with Crippen molar-refractivity contribution in [3.05, 3.63) is 58.7 Å². The van der Waals surface area contributed by atoms with Crippen LogP contribution >= 0.6 is 0 Å². The topological polar surface area (TPSA) is 80.9 Å². The van der Waals surface area contributed by atoms with Crippen LogP contribution in [0.15, 0.2) is 36.4 Å². The molecular formula is C15H16O4. The van der Waals surface area contributed by atoms with E-state index in [9.17, 15) is 20.4 Å². The molecule has 0 aliphatic carbocycles. The zero-order valence-electron chi connectivity index (χ0n) is 10.4. The highest BCUT2D eigenvalue weighted by Crippen LogP contribution is 2.27. The molecule has 4 heteroatoms. The molecule has 100 valence electrons. The van der Waals surface area contributed by atoms with Crippen LogP contribution in [0.1, 0.15) is 22.3 Å². The minimum absolute atomic E-state index is 0.0489. The van der Waals surface area contributed by atoms with Crippen molar-refractivity contribution in [1.82, 2.24) is 0 Å². The molecule has 0 aliphatic rings. The first kappa shape index (κ1) is 13.4. The number of rotatable bonds is 4. The van der Waals surface area contributed by atoms with Gasteiger partial charge in [0.05, 0.1) is 13.2 Å². The van der Waals surface area contributed by atoms with Gasteiger partial charge in [-0.05, 0) is 41.0 Å². The van der Waals surface area contributed by atoms with E-state index in [-0.39, 0.29) is 24.7 Å². The van der Waals surface area contributed by atoms with Crippen LogP contribution in [0.2, 0.25) is 0 Å². The molecule has 0 bridgehead atoms. The molecule has 4 N–H and O–H groups in total. The molecule has 0 amide bonds. The summed E-state index contributed by atoms with van der Waals surface area (Å²) >= 11 is 0. The van der Waals surface area contributed by atoms with Gasteiger partial charge >= 0.3 is 0 Å². The molecule has 2 aromatic rings. The summed E-state index contributed by atoms with van der Waals surface area (Å²) in [7, 11) is 0. The van der Waals surface area contributed by atoms with E-state index in [0.29, 0.717) is 23.1 Å². The van der Waals surface area contributed by atoms with Crippen molar-refractivity contribution in [3.8, 4) is 11.5 Å². The number of aliphatic hydroxyl groups is 2. The van der Waals surface area contributed by atoms with E-state index in [2.05, 4.69) is 0 Å². The first-order valence-electron chi connectivity index (χ1n) is 5.97. The average Bonchev–Trinajstić information content (AvgIpc) is 2.43. The van der Waals surface area contributed by atoms with Crippen LogP contribution < -0.4 is 0 Å². The normalized spacial score (nSPS) is 10.6. The lowest BCUT2D eigenvalue weighted by Crippen LogP contribution is -1.97. The fourth-order valence-corrected chi connectivity index (χ4v) is 2.01. The molecule has 0 fully saturated rings. The molecule has 0 atom stereocenters. The van der Waals surface area contributed by atoms with Crippen molar-refractivity contribution in [2.24, 2.45) is 0 Å². The van der Waals surface area contributed by atoms with Gasteiger partial charge in [0.15, 0.2) is 0 Å². The Morgan fingerprint density at radius 2 is 1.37 bits per heavy atom. The quantitative estimate of drug-likeness (QED) is 0.674. The lowest BCUT2D eigenvalue weighted by atomic mass is 9.98. The third-order valence-electron chi connectivity index (χ3n) is 3.01. The Hall–Kier alpha value is -2.04. The summed E-state index contributed by atoms with van der Waals surface area (Å²) in [6, 6.07) is 9.97. The molecule has 0 radical (unpaired) electrons. The van der Waals surface area contributed by atoms with Crippen LogP contribution in [0.3, 0.4) is 0 Å². The number of aromatic hydroxyl groups is 2.